The molecule has 4 fully saturated rings. The molecule has 0 radical (unpaired) electrons. The molecule has 4 rings (SSSR count). The summed E-state index contributed by atoms with van der Waals surface area (Å²) in [6, 6.07) is 0. The molecule has 124 valence electrons. The van der Waals surface area contributed by atoms with Gasteiger partial charge in [0.05, 0.1) is 5.92 Å². The fraction of sp³-hybridized carbons (Fsp3) is 0.950. The number of fused-ring (bicyclic) bond motifs is 5. The van der Waals surface area contributed by atoms with Crippen LogP contribution in [0.2, 0.25) is 0 Å². The number of rotatable bonds is 1. The fourth-order valence-electron chi connectivity index (χ4n) is 7.55. The molecule has 7 atom stereocenters. The molecule has 4 saturated carbocycles. The summed E-state index contributed by atoms with van der Waals surface area (Å²) in [5.41, 5.74) is 0.894. The summed E-state index contributed by atoms with van der Waals surface area (Å²) in [6.07, 6.45) is 12.9. The average Bonchev–Trinajstić information content (AvgIpc) is 2.87. The predicted molar refractivity (Wildman–Crippen MR) is 87.5 cm³/mol. The Labute approximate surface area is 135 Å². The Morgan fingerprint density at radius 3 is 2.55 bits per heavy atom. The van der Waals surface area contributed by atoms with Crippen molar-refractivity contribution in [1.82, 2.24) is 0 Å². The predicted octanol–water partition coefficient (Wildman–Crippen LogP) is 5.12. The van der Waals surface area contributed by atoms with Gasteiger partial charge in [-0.3, -0.25) is 4.79 Å². The maximum atomic E-state index is 12.1. The van der Waals surface area contributed by atoms with Gasteiger partial charge in [-0.1, -0.05) is 33.1 Å². The molecule has 0 saturated heterocycles. The Balaban J connectivity index is 1.74. The van der Waals surface area contributed by atoms with E-state index in [2.05, 4.69) is 13.8 Å². The van der Waals surface area contributed by atoms with E-state index in [0.717, 1.165) is 6.42 Å². The van der Waals surface area contributed by atoms with Crippen molar-refractivity contribution in [2.75, 3.05) is 0 Å². The summed E-state index contributed by atoms with van der Waals surface area (Å²) in [4.78, 5) is 12.1. The molecule has 0 spiro atoms. The van der Waals surface area contributed by atoms with E-state index in [-0.39, 0.29) is 5.92 Å². The van der Waals surface area contributed by atoms with Crippen molar-refractivity contribution in [3.63, 3.8) is 0 Å². The lowest BCUT2D eigenvalue weighted by Crippen LogP contribution is -2.56. The monoisotopic (exact) mass is 304 g/mol. The zero-order valence-electron chi connectivity index (χ0n) is 14.3. The maximum Gasteiger partial charge on any atom is 0.306 e. The topological polar surface area (TPSA) is 37.3 Å². The Bertz CT molecular complexity index is 472. The van der Waals surface area contributed by atoms with Crippen molar-refractivity contribution < 1.29 is 9.90 Å². The number of aliphatic carboxylic acids is 1. The number of carbonyl (C=O) groups is 1. The molecule has 0 aliphatic heterocycles. The first-order chi connectivity index (χ1) is 10.5. The van der Waals surface area contributed by atoms with Crippen LogP contribution in [-0.2, 0) is 4.79 Å². The van der Waals surface area contributed by atoms with E-state index in [1.165, 1.54) is 57.8 Å². The van der Waals surface area contributed by atoms with Crippen LogP contribution in [-0.4, -0.2) is 11.1 Å². The third kappa shape index (κ3) is 1.94. The molecule has 4 aliphatic carbocycles. The molecule has 0 aromatic rings. The number of hydrogen-bond donors (Lipinski definition) is 1. The molecule has 0 heterocycles. The lowest BCUT2D eigenvalue weighted by molar-refractivity contribution is -0.168. The summed E-state index contributed by atoms with van der Waals surface area (Å²) in [5.74, 6) is 1.98. The van der Waals surface area contributed by atoms with Gasteiger partial charge in [0.2, 0.25) is 0 Å². The highest BCUT2D eigenvalue weighted by atomic mass is 16.4. The van der Waals surface area contributed by atoms with E-state index in [4.69, 9.17) is 0 Å². The minimum Gasteiger partial charge on any atom is -0.481 e. The van der Waals surface area contributed by atoms with Crippen LogP contribution in [0, 0.1) is 40.4 Å². The molecule has 2 unspecified atom stereocenters. The molecular formula is C20H32O2. The first-order valence-corrected chi connectivity index (χ1v) is 9.68. The van der Waals surface area contributed by atoms with E-state index in [9.17, 15) is 9.90 Å². The Morgan fingerprint density at radius 1 is 0.955 bits per heavy atom. The summed E-state index contributed by atoms with van der Waals surface area (Å²) in [5, 5.41) is 9.96. The van der Waals surface area contributed by atoms with E-state index in [1.807, 2.05) is 0 Å². The summed E-state index contributed by atoms with van der Waals surface area (Å²) in [6.45, 7) is 5.00. The quantitative estimate of drug-likeness (QED) is 0.730. The lowest BCUT2D eigenvalue weighted by Gasteiger charge is -2.61. The molecule has 0 aromatic carbocycles. The van der Waals surface area contributed by atoms with E-state index in [0.29, 0.717) is 34.5 Å². The summed E-state index contributed by atoms with van der Waals surface area (Å²) < 4.78 is 0. The fourth-order valence-corrected chi connectivity index (χ4v) is 7.55. The van der Waals surface area contributed by atoms with Crippen molar-refractivity contribution in [1.29, 1.82) is 0 Å². The van der Waals surface area contributed by atoms with Gasteiger partial charge in [0.25, 0.3) is 0 Å². The number of carboxylic acids is 1. The lowest BCUT2D eigenvalue weighted by atomic mass is 9.43. The van der Waals surface area contributed by atoms with Gasteiger partial charge in [-0.05, 0) is 79.4 Å². The van der Waals surface area contributed by atoms with Gasteiger partial charge in [-0.25, -0.2) is 0 Å². The minimum absolute atomic E-state index is 0.0519. The van der Waals surface area contributed by atoms with Crippen molar-refractivity contribution in [2.45, 2.75) is 78.1 Å². The zero-order valence-corrected chi connectivity index (χ0v) is 14.3. The van der Waals surface area contributed by atoms with Crippen LogP contribution < -0.4 is 0 Å². The standard InChI is InChI=1S/C20H32O2/c1-19-9-5-7-15(19)17-14(18(21)22)12-13-6-3-4-10-20(13,2)16(17)8-11-19/h13-17H,3-12H2,1-2H3,(H,21,22)/t13?,14?,15-,16-,17-,19-,20-/m0/s1. The second kappa shape index (κ2) is 4.98. The van der Waals surface area contributed by atoms with Gasteiger partial charge in [0, 0.05) is 0 Å². The van der Waals surface area contributed by atoms with Crippen LogP contribution in [0.5, 0.6) is 0 Å². The molecule has 4 aliphatic rings. The van der Waals surface area contributed by atoms with Crippen LogP contribution in [0.1, 0.15) is 78.1 Å². The normalized spacial score (nSPS) is 54.2. The van der Waals surface area contributed by atoms with Crippen molar-refractivity contribution in [2.24, 2.45) is 40.4 Å². The Hall–Kier alpha value is -0.530. The highest BCUT2D eigenvalue weighted by molar-refractivity contribution is 5.71. The van der Waals surface area contributed by atoms with Crippen LogP contribution in [0.4, 0.5) is 0 Å². The summed E-state index contributed by atoms with van der Waals surface area (Å²) in [7, 11) is 0. The Kier molecular flexibility index (Phi) is 3.40. The van der Waals surface area contributed by atoms with Gasteiger partial charge in [0.15, 0.2) is 0 Å². The third-order valence-electron chi connectivity index (χ3n) is 8.73. The molecule has 2 heteroatoms. The minimum atomic E-state index is -0.487. The average molecular weight is 304 g/mol. The highest BCUT2D eigenvalue weighted by Crippen LogP contribution is 2.67. The molecule has 22 heavy (non-hydrogen) atoms. The SMILES string of the molecule is C[C@@]12CCC[C@H]1[C@@H]1C(C(=O)O)CC3CCCC[C@]3(C)[C@H]1CC2. The third-order valence-corrected chi connectivity index (χ3v) is 8.73. The van der Waals surface area contributed by atoms with Gasteiger partial charge in [0.1, 0.15) is 0 Å². The number of hydrogen-bond acceptors (Lipinski definition) is 1. The van der Waals surface area contributed by atoms with Crippen LogP contribution in [0.3, 0.4) is 0 Å². The second-order valence-electron chi connectivity index (χ2n) is 9.50. The second-order valence-corrected chi connectivity index (χ2v) is 9.50. The van der Waals surface area contributed by atoms with Gasteiger partial charge >= 0.3 is 5.97 Å². The van der Waals surface area contributed by atoms with Crippen LogP contribution in [0.15, 0.2) is 0 Å². The smallest absolute Gasteiger partial charge is 0.306 e. The maximum absolute atomic E-state index is 12.1. The van der Waals surface area contributed by atoms with Gasteiger partial charge < -0.3 is 5.11 Å². The molecule has 1 N–H and O–H groups in total. The van der Waals surface area contributed by atoms with E-state index in [1.54, 1.807) is 0 Å². The van der Waals surface area contributed by atoms with Crippen molar-refractivity contribution in [3.05, 3.63) is 0 Å². The zero-order chi connectivity index (χ0) is 15.5. The number of carboxylic acid groups (broad SMARTS) is 1. The van der Waals surface area contributed by atoms with Crippen LogP contribution in [0.25, 0.3) is 0 Å². The van der Waals surface area contributed by atoms with E-state index < -0.39 is 5.97 Å². The van der Waals surface area contributed by atoms with Crippen LogP contribution >= 0.6 is 0 Å². The van der Waals surface area contributed by atoms with E-state index >= 15 is 0 Å². The molecule has 0 amide bonds. The highest BCUT2D eigenvalue weighted by Gasteiger charge is 2.61. The molecule has 0 aromatic heterocycles. The van der Waals surface area contributed by atoms with Gasteiger partial charge in [-0.2, -0.15) is 0 Å². The largest absolute Gasteiger partial charge is 0.481 e. The first kappa shape index (κ1) is 15.0. The summed E-state index contributed by atoms with van der Waals surface area (Å²) >= 11 is 0. The molecular weight excluding hydrogens is 272 g/mol. The molecule has 0 bridgehead atoms. The Morgan fingerprint density at radius 2 is 1.77 bits per heavy atom. The molecule has 2 nitrogen and oxygen atoms in total. The van der Waals surface area contributed by atoms with Crippen molar-refractivity contribution >= 4 is 5.97 Å². The van der Waals surface area contributed by atoms with Gasteiger partial charge in [-0.15, -0.1) is 0 Å². The first-order valence-electron chi connectivity index (χ1n) is 9.68. The van der Waals surface area contributed by atoms with Crippen molar-refractivity contribution in [3.8, 4) is 0 Å².